The zero-order valence-electron chi connectivity index (χ0n) is 17.7. The Morgan fingerprint density at radius 2 is 1.68 bits per heavy atom. The minimum absolute atomic E-state index is 0.0147. The summed E-state index contributed by atoms with van der Waals surface area (Å²) in [5.74, 6) is -1.47. The lowest BCUT2D eigenvalue weighted by atomic mass is 10.0. The molecule has 176 valence electrons. The number of nitrogens with zero attached hydrogens (tertiary/aromatic N) is 2. The van der Waals surface area contributed by atoms with Crippen LogP contribution in [0.25, 0.3) is 0 Å². The largest absolute Gasteiger partial charge is 0.416 e. The lowest BCUT2D eigenvalue weighted by Gasteiger charge is -2.25. The van der Waals surface area contributed by atoms with Gasteiger partial charge in [-0.15, -0.1) is 0 Å². The summed E-state index contributed by atoms with van der Waals surface area (Å²) in [5, 5.41) is 4.03. The first-order valence-electron chi connectivity index (χ1n) is 10.4. The first-order chi connectivity index (χ1) is 16.2. The van der Waals surface area contributed by atoms with Gasteiger partial charge in [-0.3, -0.25) is 4.79 Å². The first-order valence-corrected chi connectivity index (χ1v) is 10.4. The van der Waals surface area contributed by atoms with Crippen LogP contribution in [0.1, 0.15) is 33.5 Å². The maximum absolute atomic E-state index is 13.7. The van der Waals surface area contributed by atoms with Gasteiger partial charge in [0, 0.05) is 18.5 Å². The van der Waals surface area contributed by atoms with Gasteiger partial charge in [0.15, 0.2) is 6.10 Å². The molecule has 1 heterocycles. The van der Waals surface area contributed by atoms with E-state index in [1.807, 2.05) is 0 Å². The molecule has 34 heavy (non-hydrogen) atoms. The second-order valence-electron chi connectivity index (χ2n) is 7.87. The van der Waals surface area contributed by atoms with Gasteiger partial charge in [-0.25, -0.2) is 8.78 Å². The summed E-state index contributed by atoms with van der Waals surface area (Å²) < 4.78 is 65.6. The van der Waals surface area contributed by atoms with Crippen LogP contribution >= 0.6 is 0 Å². The predicted molar refractivity (Wildman–Crippen MR) is 115 cm³/mol. The third-order valence-corrected chi connectivity index (χ3v) is 5.35. The van der Waals surface area contributed by atoms with Crippen LogP contribution in [0.2, 0.25) is 0 Å². The van der Waals surface area contributed by atoms with Crippen LogP contribution in [0.5, 0.6) is 0 Å². The molecule has 9 heteroatoms. The lowest BCUT2D eigenvalue weighted by molar-refractivity contribution is -0.137. The average molecular weight is 474 g/mol. The van der Waals surface area contributed by atoms with Gasteiger partial charge in [-0.2, -0.15) is 13.2 Å². The number of oxime groups is 1. The number of amides is 1. The molecular formula is C25H19F5N2O2. The van der Waals surface area contributed by atoms with Crippen LogP contribution < -0.4 is 0 Å². The Hall–Kier alpha value is -3.75. The van der Waals surface area contributed by atoms with Crippen molar-refractivity contribution in [2.24, 2.45) is 5.16 Å². The number of hydrogen-bond donors (Lipinski definition) is 0. The number of carbonyl (C=O) groups is 1. The zero-order chi connectivity index (χ0) is 24.3. The standard InChI is InChI=1S/C25H19F5N2O2/c26-20-10-6-17(7-11-20)23-13-22(34-31-23)15-32(24(33)18-2-1-3-21(27)12-18)14-16-4-8-19(9-5-16)25(28,29)30/h1-12,22H,13-15H2. The van der Waals surface area contributed by atoms with E-state index < -0.39 is 29.6 Å². The third kappa shape index (κ3) is 5.59. The fourth-order valence-corrected chi connectivity index (χ4v) is 3.63. The van der Waals surface area contributed by atoms with Crippen molar-refractivity contribution in [3.8, 4) is 0 Å². The molecule has 1 amide bonds. The highest BCUT2D eigenvalue weighted by Gasteiger charge is 2.31. The van der Waals surface area contributed by atoms with Crippen molar-refractivity contribution >= 4 is 11.6 Å². The molecule has 3 aromatic rings. The number of rotatable bonds is 6. The Labute approximate surface area is 192 Å². The number of alkyl halides is 3. The molecule has 0 spiro atoms. The summed E-state index contributed by atoms with van der Waals surface area (Å²) in [5.41, 5.74) is 1.03. The van der Waals surface area contributed by atoms with Crippen LogP contribution in [-0.4, -0.2) is 29.2 Å². The number of carbonyl (C=O) groups excluding carboxylic acids is 1. The Morgan fingerprint density at radius 3 is 2.32 bits per heavy atom. The summed E-state index contributed by atoms with van der Waals surface area (Å²) in [6, 6.07) is 15.4. The summed E-state index contributed by atoms with van der Waals surface area (Å²) in [6.45, 7) is 0.0454. The molecule has 4 rings (SSSR count). The minimum Gasteiger partial charge on any atom is -0.390 e. The molecule has 1 atom stereocenters. The summed E-state index contributed by atoms with van der Waals surface area (Å²) in [6.07, 6.45) is -4.67. The van der Waals surface area contributed by atoms with Crippen LogP contribution in [0, 0.1) is 11.6 Å². The molecule has 0 aliphatic carbocycles. The molecule has 0 aromatic heterocycles. The van der Waals surface area contributed by atoms with Crippen molar-refractivity contribution in [3.63, 3.8) is 0 Å². The lowest BCUT2D eigenvalue weighted by Crippen LogP contribution is -2.37. The van der Waals surface area contributed by atoms with Gasteiger partial charge >= 0.3 is 6.18 Å². The van der Waals surface area contributed by atoms with Crippen molar-refractivity contribution in [2.45, 2.75) is 25.2 Å². The van der Waals surface area contributed by atoms with Crippen LogP contribution in [0.4, 0.5) is 22.0 Å². The van der Waals surface area contributed by atoms with E-state index in [1.54, 1.807) is 12.1 Å². The van der Waals surface area contributed by atoms with E-state index in [1.165, 1.54) is 47.4 Å². The monoisotopic (exact) mass is 474 g/mol. The van der Waals surface area contributed by atoms with Gasteiger partial charge < -0.3 is 9.74 Å². The molecule has 0 radical (unpaired) electrons. The summed E-state index contributed by atoms with van der Waals surface area (Å²) in [4.78, 5) is 20.0. The first kappa shape index (κ1) is 23.4. The molecular weight excluding hydrogens is 455 g/mol. The molecule has 1 unspecified atom stereocenters. The van der Waals surface area contributed by atoms with Crippen molar-refractivity contribution in [1.29, 1.82) is 0 Å². The highest BCUT2D eigenvalue weighted by Crippen LogP contribution is 2.29. The van der Waals surface area contributed by atoms with Gasteiger partial charge in [0.05, 0.1) is 17.8 Å². The molecule has 1 aliphatic heterocycles. The Bertz CT molecular complexity index is 1190. The van der Waals surface area contributed by atoms with Crippen LogP contribution in [0.3, 0.4) is 0 Å². The van der Waals surface area contributed by atoms with Gasteiger partial charge in [-0.1, -0.05) is 35.5 Å². The molecule has 0 fully saturated rings. The highest BCUT2D eigenvalue weighted by molar-refractivity contribution is 6.01. The highest BCUT2D eigenvalue weighted by atomic mass is 19.4. The zero-order valence-corrected chi connectivity index (χ0v) is 17.7. The second kappa shape index (κ2) is 9.62. The minimum atomic E-state index is -4.47. The van der Waals surface area contributed by atoms with Crippen LogP contribution in [0.15, 0.2) is 78.0 Å². The predicted octanol–water partition coefficient (Wildman–Crippen LogP) is 5.82. The average Bonchev–Trinajstić information content (AvgIpc) is 3.27. The van der Waals surface area contributed by atoms with E-state index in [4.69, 9.17) is 4.84 Å². The van der Waals surface area contributed by atoms with Crippen molar-refractivity contribution in [2.75, 3.05) is 6.54 Å². The summed E-state index contributed by atoms with van der Waals surface area (Å²) >= 11 is 0. The molecule has 0 N–H and O–H groups in total. The van der Waals surface area contributed by atoms with E-state index in [-0.39, 0.29) is 24.5 Å². The third-order valence-electron chi connectivity index (χ3n) is 5.35. The summed E-state index contributed by atoms with van der Waals surface area (Å²) in [7, 11) is 0. The van der Waals surface area contributed by atoms with Gasteiger partial charge in [0.25, 0.3) is 5.91 Å². The van der Waals surface area contributed by atoms with E-state index in [0.717, 1.165) is 18.2 Å². The van der Waals surface area contributed by atoms with Crippen molar-refractivity contribution < 1.29 is 31.6 Å². The molecule has 0 saturated carbocycles. The Kier molecular flexibility index (Phi) is 6.63. The van der Waals surface area contributed by atoms with Crippen molar-refractivity contribution in [1.82, 2.24) is 4.90 Å². The van der Waals surface area contributed by atoms with Crippen LogP contribution in [-0.2, 0) is 17.6 Å². The van der Waals surface area contributed by atoms with E-state index in [9.17, 15) is 26.7 Å². The maximum atomic E-state index is 13.7. The molecule has 4 nitrogen and oxygen atoms in total. The molecule has 0 saturated heterocycles. The van der Waals surface area contributed by atoms with Crippen molar-refractivity contribution in [3.05, 3.63) is 107 Å². The van der Waals surface area contributed by atoms with Gasteiger partial charge in [0.1, 0.15) is 11.6 Å². The fraction of sp³-hybridized carbons (Fsp3) is 0.200. The SMILES string of the molecule is O=C(c1cccc(F)c1)N(Cc1ccc(C(F)(F)F)cc1)CC1CC(c2ccc(F)cc2)=NO1. The molecule has 3 aromatic carbocycles. The topological polar surface area (TPSA) is 41.9 Å². The quantitative estimate of drug-likeness (QED) is 0.423. The van der Waals surface area contributed by atoms with E-state index >= 15 is 0 Å². The maximum Gasteiger partial charge on any atom is 0.416 e. The number of benzene rings is 3. The van der Waals surface area contributed by atoms with E-state index in [2.05, 4.69) is 5.16 Å². The van der Waals surface area contributed by atoms with Gasteiger partial charge in [0.2, 0.25) is 0 Å². The Balaban J connectivity index is 1.52. The normalized spacial score (nSPS) is 15.6. The second-order valence-corrected chi connectivity index (χ2v) is 7.87. The fourth-order valence-electron chi connectivity index (χ4n) is 3.63. The number of halogens is 5. The number of hydrogen-bond acceptors (Lipinski definition) is 3. The Morgan fingerprint density at radius 1 is 0.971 bits per heavy atom. The molecule has 1 aliphatic rings. The smallest absolute Gasteiger partial charge is 0.390 e. The van der Waals surface area contributed by atoms with Gasteiger partial charge in [-0.05, 0) is 53.6 Å². The van der Waals surface area contributed by atoms with E-state index in [0.29, 0.717) is 23.3 Å². The molecule has 0 bridgehead atoms.